The summed E-state index contributed by atoms with van der Waals surface area (Å²) in [5.41, 5.74) is 0. The monoisotopic (exact) mass is 246 g/mol. The number of carbonyl (C=O) groups is 1. The van der Waals surface area contributed by atoms with Crippen LogP contribution in [0.1, 0.15) is 12.7 Å². The third kappa shape index (κ3) is 4.05. The van der Waals surface area contributed by atoms with Crippen molar-refractivity contribution in [1.29, 1.82) is 0 Å². The number of esters is 1. The fourth-order valence-electron chi connectivity index (χ4n) is 0.866. The molecule has 0 atom stereocenters. The quantitative estimate of drug-likeness (QED) is 0.462. The molecule has 0 fully saturated rings. The van der Waals surface area contributed by atoms with Crippen molar-refractivity contribution >= 4 is 29.3 Å². The number of hydrogen-bond acceptors (Lipinski definition) is 5. The van der Waals surface area contributed by atoms with Gasteiger partial charge in [0, 0.05) is 12.5 Å². The minimum absolute atomic E-state index is 0.229. The normalized spacial score (nSPS) is 10.1. The van der Waals surface area contributed by atoms with Crippen LogP contribution < -0.4 is 0 Å². The summed E-state index contributed by atoms with van der Waals surface area (Å²) in [6.07, 6.45) is 0.715. The van der Waals surface area contributed by atoms with Crippen molar-refractivity contribution in [1.82, 2.24) is 9.97 Å². The van der Waals surface area contributed by atoms with E-state index in [1.165, 1.54) is 18.9 Å². The summed E-state index contributed by atoms with van der Waals surface area (Å²) in [7, 11) is 1.35. The Morgan fingerprint density at radius 1 is 1.60 bits per heavy atom. The number of aromatic nitrogens is 2. The van der Waals surface area contributed by atoms with Gasteiger partial charge in [-0.2, -0.15) is 0 Å². The molecule has 4 nitrogen and oxygen atoms in total. The molecule has 0 radical (unpaired) electrons. The maximum absolute atomic E-state index is 10.9. The van der Waals surface area contributed by atoms with E-state index in [4.69, 9.17) is 11.6 Å². The average molecular weight is 247 g/mol. The van der Waals surface area contributed by atoms with E-state index in [1.54, 1.807) is 6.07 Å². The van der Waals surface area contributed by atoms with Gasteiger partial charge in [-0.1, -0.05) is 30.3 Å². The Kier molecular flexibility index (Phi) is 4.84. The zero-order chi connectivity index (χ0) is 11.3. The fourth-order valence-corrected chi connectivity index (χ4v) is 1.88. The van der Waals surface area contributed by atoms with Crippen LogP contribution in [0.15, 0.2) is 11.1 Å². The van der Waals surface area contributed by atoms with Crippen LogP contribution >= 0.6 is 23.4 Å². The molecule has 15 heavy (non-hydrogen) atoms. The van der Waals surface area contributed by atoms with Crippen LogP contribution in [0.4, 0.5) is 0 Å². The highest BCUT2D eigenvalue weighted by Crippen LogP contribution is 2.18. The number of ether oxygens (including phenoxy) is 1. The molecule has 0 aliphatic rings. The van der Waals surface area contributed by atoms with Crippen molar-refractivity contribution in [3.63, 3.8) is 0 Å². The van der Waals surface area contributed by atoms with Crippen LogP contribution in [0, 0.1) is 0 Å². The number of aryl methyl sites for hydroxylation is 1. The SMILES string of the molecule is CCc1nc(Cl)cc(SCC(=O)OC)n1. The predicted molar refractivity (Wildman–Crippen MR) is 59.2 cm³/mol. The van der Waals surface area contributed by atoms with Crippen LogP contribution in [0.25, 0.3) is 0 Å². The summed E-state index contributed by atoms with van der Waals surface area (Å²) >= 11 is 7.08. The summed E-state index contributed by atoms with van der Waals surface area (Å²) < 4.78 is 4.52. The third-order valence-corrected chi connectivity index (χ3v) is 2.68. The minimum atomic E-state index is -0.284. The first-order chi connectivity index (χ1) is 7.15. The van der Waals surface area contributed by atoms with Crippen molar-refractivity contribution in [2.75, 3.05) is 12.9 Å². The predicted octanol–water partition coefficient (Wildman–Crippen LogP) is 1.96. The number of nitrogens with zero attached hydrogens (tertiary/aromatic N) is 2. The Balaban J connectivity index is 2.68. The molecule has 0 saturated heterocycles. The molecule has 0 spiro atoms. The molecule has 1 aromatic rings. The lowest BCUT2D eigenvalue weighted by atomic mass is 10.4. The number of rotatable bonds is 4. The van der Waals surface area contributed by atoms with E-state index in [0.717, 1.165) is 0 Å². The van der Waals surface area contributed by atoms with Crippen molar-refractivity contribution in [3.05, 3.63) is 17.0 Å². The highest BCUT2D eigenvalue weighted by atomic mass is 35.5. The van der Waals surface area contributed by atoms with Gasteiger partial charge in [0.2, 0.25) is 0 Å². The van der Waals surface area contributed by atoms with Gasteiger partial charge in [0.15, 0.2) is 0 Å². The highest BCUT2D eigenvalue weighted by molar-refractivity contribution is 7.99. The van der Waals surface area contributed by atoms with Crippen molar-refractivity contribution in [3.8, 4) is 0 Å². The second-order valence-corrected chi connectivity index (χ2v) is 4.05. The van der Waals surface area contributed by atoms with E-state index in [-0.39, 0.29) is 11.7 Å². The number of halogens is 1. The Labute approximate surface area is 97.4 Å². The van der Waals surface area contributed by atoms with E-state index in [1.807, 2.05) is 6.92 Å². The Morgan fingerprint density at radius 2 is 2.33 bits per heavy atom. The second kappa shape index (κ2) is 5.92. The van der Waals surface area contributed by atoms with Crippen molar-refractivity contribution in [2.24, 2.45) is 0 Å². The van der Waals surface area contributed by atoms with Crippen LogP contribution in [-0.4, -0.2) is 28.8 Å². The maximum atomic E-state index is 10.9. The summed E-state index contributed by atoms with van der Waals surface area (Å²) in [6.45, 7) is 1.94. The Morgan fingerprint density at radius 3 is 2.93 bits per heavy atom. The number of methoxy groups -OCH3 is 1. The van der Waals surface area contributed by atoms with E-state index in [0.29, 0.717) is 22.4 Å². The van der Waals surface area contributed by atoms with Gasteiger partial charge in [-0.25, -0.2) is 9.97 Å². The van der Waals surface area contributed by atoms with E-state index in [9.17, 15) is 4.79 Å². The summed E-state index contributed by atoms with van der Waals surface area (Å²) in [6, 6.07) is 1.63. The van der Waals surface area contributed by atoms with E-state index in [2.05, 4.69) is 14.7 Å². The lowest BCUT2D eigenvalue weighted by Crippen LogP contribution is -2.04. The average Bonchev–Trinajstić information content (AvgIpc) is 2.25. The fraction of sp³-hybridized carbons (Fsp3) is 0.444. The third-order valence-electron chi connectivity index (χ3n) is 1.60. The van der Waals surface area contributed by atoms with Gasteiger partial charge in [-0.3, -0.25) is 4.79 Å². The molecule has 1 aromatic heterocycles. The number of thioether (sulfide) groups is 1. The largest absolute Gasteiger partial charge is 0.468 e. The zero-order valence-electron chi connectivity index (χ0n) is 8.49. The molecule has 0 aliphatic carbocycles. The van der Waals surface area contributed by atoms with Gasteiger partial charge < -0.3 is 4.74 Å². The molecule has 0 aliphatic heterocycles. The smallest absolute Gasteiger partial charge is 0.316 e. The Bertz CT molecular complexity index is 360. The van der Waals surface area contributed by atoms with Crippen molar-refractivity contribution in [2.45, 2.75) is 18.4 Å². The van der Waals surface area contributed by atoms with Crippen LogP contribution in [0.3, 0.4) is 0 Å². The second-order valence-electron chi connectivity index (χ2n) is 2.66. The minimum Gasteiger partial charge on any atom is -0.468 e. The molecule has 82 valence electrons. The molecule has 1 heterocycles. The molecule has 0 aromatic carbocycles. The van der Waals surface area contributed by atoms with Gasteiger partial charge in [0.1, 0.15) is 16.0 Å². The Hall–Kier alpha value is -0.810. The van der Waals surface area contributed by atoms with Gasteiger partial charge in [-0.05, 0) is 0 Å². The van der Waals surface area contributed by atoms with Crippen LogP contribution in [-0.2, 0) is 16.0 Å². The summed E-state index contributed by atoms with van der Waals surface area (Å²) in [5, 5.41) is 1.09. The van der Waals surface area contributed by atoms with Gasteiger partial charge in [0.05, 0.1) is 12.9 Å². The molecule has 0 bridgehead atoms. The van der Waals surface area contributed by atoms with Gasteiger partial charge >= 0.3 is 5.97 Å². The summed E-state index contributed by atoms with van der Waals surface area (Å²) in [4.78, 5) is 19.1. The van der Waals surface area contributed by atoms with E-state index < -0.39 is 0 Å². The topological polar surface area (TPSA) is 52.1 Å². The highest BCUT2D eigenvalue weighted by Gasteiger charge is 2.06. The molecule has 6 heteroatoms. The number of carbonyl (C=O) groups excluding carboxylic acids is 1. The molecule has 0 amide bonds. The molecular formula is C9H11ClN2O2S. The first kappa shape index (κ1) is 12.3. The lowest BCUT2D eigenvalue weighted by Gasteiger charge is -2.02. The molecule has 0 N–H and O–H groups in total. The lowest BCUT2D eigenvalue weighted by molar-refractivity contribution is -0.137. The van der Waals surface area contributed by atoms with Crippen molar-refractivity contribution < 1.29 is 9.53 Å². The van der Waals surface area contributed by atoms with Crippen LogP contribution in [0.5, 0.6) is 0 Å². The van der Waals surface area contributed by atoms with Gasteiger partial charge in [0.25, 0.3) is 0 Å². The molecule has 0 saturated carbocycles. The van der Waals surface area contributed by atoms with Crippen LogP contribution in [0.2, 0.25) is 5.15 Å². The maximum Gasteiger partial charge on any atom is 0.316 e. The number of hydrogen-bond donors (Lipinski definition) is 0. The zero-order valence-corrected chi connectivity index (χ0v) is 10.1. The molecule has 0 unspecified atom stereocenters. The summed E-state index contributed by atoms with van der Waals surface area (Å²) in [5.74, 6) is 0.621. The molecule has 1 rings (SSSR count). The first-order valence-electron chi connectivity index (χ1n) is 4.38. The molecular weight excluding hydrogens is 236 g/mol. The first-order valence-corrected chi connectivity index (χ1v) is 5.75. The standard InChI is InChI=1S/C9H11ClN2O2S/c1-3-7-11-6(10)4-8(12-7)15-5-9(13)14-2/h4H,3,5H2,1-2H3. The van der Waals surface area contributed by atoms with E-state index >= 15 is 0 Å². The van der Waals surface area contributed by atoms with Gasteiger partial charge in [-0.15, -0.1) is 0 Å².